The highest BCUT2D eigenvalue weighted by Crippen LogP contribution is 2.21. The molecule has 27 heavy (non-hydrogen) atoms. The molecule has 142 valence electrons. The number of carbonyl (C=O) groups is 2. The first-order chi connectivity index (χ1) is 13.0. The van der Waals surface area contributed by atoms with E-state index in [0.717, 1.165) is 4.47 Å². The molecule has 0 aliphatic carbocycles. The Kier molecular flexibility index (Phi) is 6.11. The van der Waals surface area contributed by atoms with E-state index in [0.29, 0.717) is 43.1 Å². The van der Waals surface area contributed by atoms with E-state index in [1.165, 1.54) is 0 Å². The number of nitrogens with zero attached hydrogens (tertiary/aromatic N) is 3. The summed E-state index contributed by atoms with van der Waals surface area (Å²) in [6.45, 7) is 6.01. The second kappa shape index (κ2) is 8.52. The molecule has 0 radical (unpaired) electrons. The molecule has 2 heterocycles. The van der Waals surface area contributed by atoms with Crippen LogP contribution in [0.25, 0.3) is 0 Å². The first kappa shape index (κ1) is 19.4. The van der Waals surface area contributed by atoms with Crippen LogP contribution in [-0.2, 0) is 4.74 Å². The van der Waals surface area contributed by atoms with Gasteiger partial charge in [-0.2, -0.15) is 0 Å². The number of hydrogen-bond acceptors (Lipinski definition) is 5. The summed E-state index contributed by atoms with van der Waals surface area (Å²) in [6, 6.07) is 10.8. The molecule has 2 aromatic rings. The molecule has 1 aliphatic heterocycles. The zero-order chi connectivity index (χ0) is 19.4. The molecule has 0 bridgehead atoms. The lowest BCUT2D eigenvalue weighted by molar-refractivity contribution is 0.0377. The fourth-order valence-electron chi connectivity index (χ4n) is 2.98. The predicted molar refractivity (Wildman–Crippen MR) is 107 cm³/mol. The molecule has 1 saturated heterocycles. The van der Waals surface area contributed by atoms with E-state index in [4.69, 9.17) is 4.74 Å². The van der Waals surface area contributed by atoms with Crippen LogP contribution in [-0.4, -0.2) is 54.0 Å². The Bertz CT molecular complexity index is 815. The maximum absolute atomic E-state index is 12.7. The summed E-state index contributed by atoms with van der Waals surface area (Å²) in [5.74, 6) is 0.253. The summed E-state index contributed by atoms with van der Waals surface area (Å²) in [5, 5.41) is 0. The van der Waals surface area contributed by atoms with Gasteiger partial charge in [0, 0.05) is 42.4 Å². The number of ether oxygens (including phenoxy) is 1. The number of hydrogen-bond donors (Lipinski definition) is 0. The molecular formula is C20H22BrN3O3. The molecule has 0 unspecified atom stereocenters. The van der Waals surface area contributed by atoms with Gasteiger partial charge in [0.05, 0.1) is 6.10 Å². The maximum atomic E-state index is 12.7. The van der Waals surface area contributed by atoms with Crippen molar-refractivity contribution in [3.05, 3.63) is 58.2 Å². The quantitative estimate of drug-likeness (QED) is 0.694. The molecule has 6 nitrogen and oxygen atoms in total. The number of pyridine rings is 1. The predicted octanol–water partition coefficient (Wildman–Crippen LogP) is 3.37. The van der Waals surface area contributed by atoms with E-state index in [2.05, 4.69) is 20.9 Å². The normalized spacial score (nSPS) is 14.4. The molecule has 1 aromatic heterocycles. The summed E-state index contributed by atoms with van der Waals surface area (Å²) in [6.07, 6.45) is 1.48. The highest BCUT2D eigenvalue weighted by molar-refractivity contribution is 9.10. The van der Waals surface area contributed by atoms with Gasteiger partial charge in [-0.05, 0) is 50.2 Å². The van der Waals surface area contributed by atoms with Crippen LogP contribution >= 0.6 is 15.9 Å². The Balaban J connectivity index is 1.68. The van der Waals surface area contributed by atoms with Crippen LogP contribution in [0.15, 0.2) is 47.1 Å². The number of halogens is 1. The number of carbonyl (C=O) groups excluding carboxylic acids is 2. The van der Waals surface area contributed by atoms with Crippen molar-refractivity contribution in [2.45, 2.75) is 20.0 Å². The van der Waals surface area contributed by atoms with E-state index in [1.807, 2.05) is 47.9 Å². The van der Waals surface area contributed by atoms with E-state index >= 15 is 0 Å². The minimum atomic E-state index is -0.374. The second-order valence-corrected chi connectivity index (χ2v) is 7.53. The van der Waals surface area contributed by atoms with Gasteiger partial charge >= 0.3 is 5.97 Å². The van der Waals surface area contributed by atoms with Gasteiger partial charge in [-0.15, -0.1) is 0 Å². The third-order valence-corrected chi connectivity index (χ3v) is 4.84. The third kappa shape index (κ3) is 4.66. The summed E-state index contributed by atoms with van der Waals surface area (Å²) in [5.41, 5.74) is 1.13. The van der Waals surface area contributed by atoms with Crippen molar-refractivity contribution >= 4 is 33.6 Å². The number of anilines is 1. The maximum Gasteiger partial charge on any atom is 0.342 e. The van der Waals surface area contributed by atoms with Crippen LogP contribution in [0.4, 0.5) is 5.82 Å². The molecule has 3 rings (SSSR count). The fourth-order valence-corrected chi connectivity index (χ4v) is 3.25. The molecule has 0 spiro atoms. The summed E-state index contributed by atoms with van der Waals surface area (Å²) >= 11 is 3.38. The number of aromatic nitrogens is 1. The monoisotopic (exact) mass is 431 g/mol. The number of piperazine rings is 1. The lowest BCUT2D eigenvalue weighted by Gasteiger charge is -2.36. The Morgan fingerprint density at radius 2 is 1.74 bits per heavy atom. The molecule has 1 aliphatic rings. The van der Waals surface area contributed by atoms with Crippen LogP contribution in [0.5, 0.6) is 0 Å². The van der Waals surface area contributed by atoms with E-state index in [-0.39, 0.29) is 18.0 Å². The van der Waals surface area contributed by atoms with Crippen LogP contribution in [0, 0.1) is 0 Å². The summed E-state index contributed by atoms with van der Waals surface area (Å²) < 4.78 is 6.26. The number of rotatable bonds is 4. The zero-order valence-corrected chi connectivity index (χ0v) is 17.0. The molecule has 0 atom stereocenters. The molecule has 1 aromatic carbocycles. The largest absolute Gasteiger partial charge is 0.459 e. The highest BCUT2D eigenvalue weighted by Gasteiger charge is 2.26. The minimum absolute atomic E-state index is 0.0163. The van der Waals surface area contributed by atoms with Gasteiger partial charge in [-0.3, -0.25) is 4.79 Å². The van der Waals surface area contributed by atoms with Gasteiger partial charge in [0.2, 0.25) is 0 Å². The van der Waals surface area contributed by atoms with Gasteiger partial charge in [0.1, 0.15) is 11.4 Å². The highest BCUT2D eigenvalue weighted by atomic mass is 79.9. The van der Waals surface area contributed by atoms with E-state index in [9.17, 15) is 9.59 Å². The standard InChI is InChI=1S/C20H22BrN3O3/c1-14(2)27-20(26)17-4-3-9-22-18(17)23-10-12-24(13-11-23)19(25)15-5-7-16(21)8-6-15/h3-9,14H,10-13H2,1-2H3. The Hall–Kier alpha value is -2.41. The Labute approximate surface area is 167 Å². The lowest BCUT2D eigenvalue weighted by Crippen LogP contribution is -2.49. The number of benzene rings is 1. The number of amides is 1. The topological polar surface area (TPSA) is 62.7 Å². The SMILES string of the molecule is CC(C)OC(=O)c1cccnc1N1CCN(C(=O)c2ccc(Br)cc2)CC1. The van der Waals surface area contributed by atoms with Crippen LogP contribution < -0.4 is 4.90 Å². The van der Waals surface area contributed by atoms with Crippen LogP contribution in [0.2, 0.25) is 0 Å². The van der Waals surface area contributed by atoms with Gasteiger partial charge in [-0.25, -0.2) is 9.78 Å². The lowest BCUT2D eigenvalue weighted by atomic mass is 10.1. The third-order valence-electron chi connectivity index (χ3n) is 4.31. The fraction of sp³-hybridized carbons (Fsp3) is 0.350. The van der Waals surface area contributed by atoms with E-state index in [1.54, 1.807) is 18.3 Å². The van der Waals surface area contributed by atoms with Crippen molar-refractivity contribution in [2.75, 3.05) is 31.1 Å². The molecule has 0 saturated carbocycles. The zero-order valence-electron chi connectivity index (χ0n) is 15.4. The Morgan fingerprint density at radius 3 is 2.37 bits per heavy atom. The summed E-state index contributed by atoms with van der Waals surface area (Å²) in [7, 11) is 0. The van der Waals surface area contributed by atoms with Gasteiger partial charge < -0.3 is 14.5 Å². The molecular weight excluding hydrogens is 410 g/mol. The van der Waals surface area contributed by atoms with Crippen molar-refractivity contribution in [3.8, 4) is 0 Å². The van der Waals surface area contributed by atoms with Crippen molar-refractivity contribution in [1.82, 2.24) is 9.88 Å². The smallest absolute Gasteiger partial charge is 0.342 e. The van der Waals surface area contributed by atoms with Crippen LogP contribution in [0.3, 0.4) is 0 Å². The van der Waals surface area contributed by atoms with Gasteiger partial charge in [-0.1, -0.05) is 15.9 Å². The van der Waals surface area contributed by atoms with Crippen molar-refractivity contribution < 1.29 is 14.3 Å². The Morgan fingerprint density at radius 1 is 1.07 bits per heavy atom. The number of esters is 1. The van der Waals surface area contributed by atoms with Crippen molar-refractivity contribution in [2.24, 2.45) is 0 Å². The molecule has 1 fully saturated rings. The second-order valence-electron chi connectivity index (χ2n) is 6.61. The molecule has 7 heteroatoms. The van der Waals surface area contributed by atoms with Crippen molar-refractivity contribution in [3.63, 3.8) is 0 Å². The first-order valence-electron chi connectivity index (χ1n) is 8.91. The van der Waals surface area contributed by atoms with Crippen LogP contribution in [0.1, 0.15) is 34.6 Å². The minimum Gasteiger partial charge on any atom is -0.459 e. The summed E-state index contributed by atoms with van der Waals surface area (Å²) in [4.78, 5) is 33.2. The van der Waals surface area contributed by atoms with E-state index < -0.39 is 0 Å². The molecule has 0 N–H and O–H groups in total. The van der Waals surface area contributed by atoms with Gasteiger partial charge in [0.15, 0.2) is 0 Å². The molecule has 1 amide bonds. The van der Waals surface area contributed by atoms with Crippen molar-refractivity contribution in [1.29, 1.82) is 0 Å². The average molecular weight is 432 g/mol. The van der Waals surface area contributed by atoms with Gasteiger partial charge in [0.25, 0.3) is 5.91 Å². The first-order valence-corrected chi connectivity index (χ1v) is 9.71. The average Bonchev–Trinajstić information content (AvgIpc) is 2.67.